The van der Waals surface area contributed by atoms with E-state index in [0.29, 0.717) is 11.6 Å². The number of nitrogens with two attached hydrogens (primary N) is 1. The van der Waals surface area contributed by atoms with Gasteiger partial charge in [0.05, 0.1) is 5.56 Å². The summed E-state index contributed by atoms with van der Waals surface area (Å²) >= 11 is 0. The predicted molar refractivity (Wildman–Crippen MR) is 53.3 cm³/mol. The highest BCUT2D eigenvalue weighted by Crippen LogP contribution is 2.18. The third-order valence-electron chi connectivity index (χ3n) is 1.94. The lowest BCUT2D eigenvalue weighted by molar-refractivity contribution is 0.659. The smallest absolute Gasteiger partial charge is 0.184 e. The van der Waals surface area contributed by atoms with Gasteiger partial charge in [0.2, 0.25) is 0 Å². The molecular formula is C9H11N5. The molecule has 0 spiro atoms. The van der Waals surface area contributed by atoms with Crippen molar-refractivity contribution in [2.24, 2.45) is 0 Å². The average Bonchev–Trinajstić information content (AvgIpc) is 2.67. The standard InChI is InChI=1S/C9H11N5/c1-2-14-6-12-9(13-14)7-4-3-5-11-8(7)10/h3-6H,2H2,1H3,(H2,10,11). The summed E-state index contributed by atoms with van der Waals surface area (Å²) in [4.78, 5) is 8.13. The van der Waals surface area contributed by atoms with Gasteiger partial charge in [-0.1, -0.05) is 0 Å². The van der Waals surface area contributed by atoms with Crippen molar-refractivity contribution in [3.63, 3.8) is 0 Å². The fraction of sp³-hybridized carbons (Fsp3) is 0.222. The predicted octanol–water partition coefficient (Wildman–Crippen LogP) is 0.942. The van der Waals surface area contributed by atoms with E-state index in [-0.39, 0.29) is 0 Å². The minimum atomic E-state index is 0.460. The summed E-state index contributed by atoms with van der Waals surface area (Å²) in [6.07, 6.45) is 3.33. The van der Waals surface area contributed by atoms with Gasteiger partial charge < -0.3 is 5.73 Å². The van der Waals surface area contributed by atoms with Crippen molar-refractivity contribution >= 4 is 5.82 Å². The summed E-state index contributed by atoms with van der Waals surface area (Å²) in [6.45, 7) is 2.80. The van der Waals surface area contributed by atoms with Crippen LogP contribution in [-0.2, 0) is 6.54 Å². The fourth-order valence-electron chi connectivity index (χ4n) is 1.18. The molecule has 0 saturated carbocycles. The fourth-order valence-corrected chi connectivity index (χ4v) is 1.18. The third kappa shape index (κ3) is 1.44. The van der Waals surface area contributed by atoms with E-state index in [2.05, 4.69) is 15.1 Å². The molecule has 72 valence electrons. The maximum Gasteiger partial charge on any atom is 0.184 e. The van der Waals surface area contributed by atoms with Gasteiger partial charge in [-0.05, 0) is 19.1 Å². The Morgan fingerprint density at radius 3 is 2.93 bits per heavy atom. The molecule has 14 heavy (non-hydrogen) atoms. The minimum Gasteiger partial charge on any atom is -0.383 e. The largest absolute Gasteiger partial charge is 0.383 e. The van der Waals surface area contributed by atoms with Crippen molar-refractivity contribution in [3.8, 4) is 11.4 Å². The van der Waals surface area contributed by atoms with E-state index in [1.165, 1.54) is 0 Å². The number of hydrogen-bond donors (Lipinski definition) is 1. The average molecular weight is 189 g/mol. The Kier molecular flexibility index (Phi) is 2.14. The number of pyridine rings is 1. The highest BCUT2D eigenvalue weighted by Gasteiger charge is 2.06. The maximum absolute atomic E-state index is 5.70. The summed E-state index contributed by atoms with van der Waals surface area (Å²) in [5, 5.41) is 4.25. The second kappa shape index (κ2) is 3.45. The summed E-state index contributed by atoms with van der Waals surface area (Å²) in [5.74, 6) is 1.08. The number of hydrogen-bond acceptors (Lipinski definition) is 4. The van der Waals surface area contributed by atoms with E-state index in [4.69, 9.17) is 5.73 Å². The Balaban J connectivity index is 2.44. The first kappa shape index (κ1) is 8.68. The molecule has 0 fully saturated rings. The van der Waals surface area contributed by atoms with Crippen molar-refractivity contribution in [2.45, 2.75) is 13.5 Å². The zero-order valence-corrected chi connectivity index (χ0v) is 7.88. The molecule has 0 atom stereocenters. The SMILES string of the molecule is CCn1cnc(-c2cccnc2N)n1. The highest BCUT2D eigenvalue weighted by molar-refractivity contribution is 5.67. The second-order valence-electron chi connectivity index (χ2n) is 2.86. The summed E-state index contributed by atoms with van der Waals surface area (Å²) in [5.41, 5.74) is 6.48. The number of aromatic nitrogens is 4. The molecule has 0 aliphatic heterocycles. The molecule has 0 aliphatic rings. The van der Waals surface area contributed by atoms with Crippen LogP contribution >= 0.6 is 0 Å². The van der Waals surface area contributed by atoms with E-state index >= 15 is 0 Å². The molecule has 0 radical (unpaired) electrons. The molecule has 2 aromatic heterocycles. The van der Waals surface area contributed by atoms with Gasteiger partial charge in [0.1, 0.15) is 12.1 Å². The zero-order chi connectivity index (χ0) is 9.97. The van der Waals surface area contributed by atoms with Crippen molar-refractivity contribution < 1.29 is 0 Å². The van der Waals surface area contributed by atoms with Gasteiger partial charge in [-0.25, -0.2) is 9.97 Å². The molecule has 2 aromatic rings. The second-order valence-corrected chi connectivity index (χ2v) is 2.86. The lowest BCUT2D eigenvalue weighted by atomic mass is 10.2. The zero-order valence-electron chi connectivity index (χ0n) is 7.88. The van der Waals surface area contributed by atoms with Crippen LogP contribution in [0.5, 0.6) is 0 Å². The number of nitrogen functional groups attached to an aromatic ring is 1. The van der Waals surface area contributed by atoms with Gasteiger partial charge in [0, 0.05) is 12.7 Å². The van der Waals surface area contributed by atoms with Gasteiger partial charge in [-0.15, -0.1) is 0 Å². The normalized spacial score (nSPS) is 10.4. The van der Waals surface area contributed by atoms with Crippen molar-refractivity contribution in [1.82, 2.24) is 19.7 Å². The van der Waals surface area contributed by atoms with Gasteiger partial charge in [0.15, 0.2) is 5.82 Å². The van der Waals surface area contributed by atoms with Crippen molar-refractivity contribution in [1.29, 1.82) is 0 Å². The number of rotatable bonds is 2. The lowest BCUT2D eigenvalue weighted by Gasteiger charge is -1.98. The summed E-state index contributed by atoms with van der Waals surface area (Å²) < 4.78 is 1.75. The summed E-state index contributed by atoms with van der Waals surface area (Å²) in [7, 11) is 0. The summed E-state index contributed by atoms with van der Waals surface area (Å²) in [6, 6.07) is 3.68. The van der Waals surface area contributed by atoms with E-state index in [0.717, 1.165) is 12.1 Å². The molecule has 0 aromatic carbocycles. The van der Waals surface area contributed by atoms with Crippen LogP contribution in [-0.4, -0.2) is 19.7 Å². The van der Waals surface area contributed by atoms with Gasteiger partial charge >= 0.3 is 0 Å². The van der Waals surface area contributed by atoms with Crippen LogP contribution in [0.2, 0.25) is 0 Å². The molecule has 0 aliphatic carbocycles. The van der Waals surface area contributed by atoms with E-state index in [1.54, 1.807) is 17.2 Å². The first-order valence-electron chi connectivity index (χ1n) is 4.41. The van der Waals surface area contributed by atoms with E-state index in [9.17, 15) is 0 Å². The van der Waals surface area contributed by atoms with Crippen LogP contribution in [0.15, 0.2) is 24.7 Å². The molecule has 2 N–H and O–H groups in total. The maximum atomic E-state index is 5.70. The van der Waals surface area contributed by atoms with Crippen LogP contribution in [0.3, 0.4) is 0 Å². The minimum absolute atomic E-state index is 0.460. The van der Waals surface area contributed by atoms with Crippen molar-refractivity contribution in [2.75, 3.05) is 5.73 Å². The first-order chi connectivity index (χ1) is 6.81. The molecule has 0 saturated heterocycles. The molecular weight excluding hydrogens is 178 g/mol. The number of aryl methyl sites for hydroxylation is 1. The Morgan fingerprint density at radius 2 is 2.29 bits per heavy atom. The van der Waals surface area contributed by atoms with Crippen molar-refractivity contribution in [3.05, 3.63) is 24.7 Å². The molecule has 2 heterocycles. The monoisotopic (exact) mass is 189 g/mol. The highest BCUT2D eigenvalue weighted by atomic mass is 15.3. The van der Waals surface area contributed by atoms with Crippen LogP contribution in [0.1, 0.15) is 6.92 Å². The van der Waals surface area contributed by atoms with E-state index in [1.807, 2.05) is 19.1 Å². The van der Waals surface area contributed by atoms with Gasteiger partial charge in [0.25, 0.3) is 0 Å². The Morgan fingerprint density at radius 1 is 1.43 bits per heavy atom. The van der Waals surface area contributed by atoms with E-state index < -0.39 is 0 Å². The van der Waals surface area contributed by atoms with Crippen LogP contribution in [0.4, 0.5) is 5.82 Å². The van der Waals surface area contributed by atoms with Gasteiger partial charge in [-0.3, -0.25) is 4.68 Å². The molecule has 0 unspecified atom stereocenters. The quantitative estimate of drug-likeness (QED) is 0.763. The molecule has 5 heteroatoms. The molecule has 2 rings (SSSR count). The third-order valence-corrected chi connectivity index (χ3v) is 1.94. The first-order valence-corrected chi connectivity index (χ1v) is 4.41. The topological polar surface area (TPSA) is 69.6 Å². The molecule has 5 nitrogen and oxygen atoms in total. The lowest BCUT2D eigenvalue weighted by Crippen LogP contribution is -1.96. The Labute approximate surface area is 81.6 Å². The molecule has 0 bridgehead atoms. The number of anilines is 1. The molecule has 0 amide bonds. The number of nitrogens with zero attached hydrogens (tertiary/aromatic N) is 4. The van der Waals surface area contributed by atoms with Crippen LogP contribution < -0.4 is 5.73 Å². The Bertz CT molecular complexity index is 434. The van der Waals surface area contributed by atoms with Gasteiger partial charge in [-0.2, -0.15) is 5.10 Å². The Hall–Kier alpha value is -1.91. The van der Waals surface area contributed by atoms with Crippen LogP contribution in [0.25, 0.3) is 11.4 Å². The van der Waals surface area contributed by atoms with Crippen LogP contribution in [0, 0.1) is 0 Å².